The van der Waals surface area contributed by atoms with Crippen LogP contribution in [0.1, 0.15) is 6.42 Å². The highest BCUT2D eigenvalue weighted by Crippen LogP contribution is 2.10. The zero-order valence-electron chi connectivity index (χ0n) is 5.89. The summed E-state index contributed by atoms with van der Waals surface area (Å²) in [6, 6.07) is 0. The van der Waals surface area contributed by atoms with Crippen molar-refractivity contribution in [3.63, 3.8) is 0 Å². The highest BCUT2D eigenvalue weighted by atomic mass is 19.1. The molecule has 0 fully saturated rings. The molecule has 0 saturated heterocycles. The van der Waals surface area contributed by atoms with Crippen LogP contribution in [-0.2, 0) is 0 Å². The van der Waals surface area contributed by atoms with E-state index in [1.54, 1.807) is 6.08 Å². The molecular weight excluding hydrogens is 129 g/mol. The quantitative estimate of drug-likeness (QED) is 0.585. The molecule has 1 aliphatic rings. The third kappa shape index (κ3) is 1.72. The summed E-state index contributed by atoms with van der Waals surface area (Å²) in [5, 5.41) is 2.94. The summed E-state index contributed by atoms with van der Waals surface area (Å²) in [4.78, 5) is 0. The largest absolute Gasteiger partial charge is 0.388 e. The van der Waals surface area contributed by atoms with Crippen LogP contribution in [0.3, 0.4) is 0 Å². The van der Waals surface area contributed by atoms with Crippen molar-refractivity contribution in [2.45, 2.75) is 6.42 Å². The van der Waals surface area contributed by atoms with E-state index in [9.17, 15) is 4.39 Å². The molecule has 0 aromatic carbocycles. The Bertz CT molecular complexity index is 201. The van der Waals surface area contributed by atoms with Gasteiger partial charge in [-0.25, -0.2) is 4.39 Å². The van der Waals surface area contributed by atoms with E-state index in [-0.39, 0.29) is 5.83 Å². The first kappa shape index (κ1) is 7.06. The maximum absolute atomic E-state index is 12.5. The fraction of sp³-hybridized carbons (Fsp3) is 0.250. The van der Waals surface area contributed by atoms with Crippen molar-refractivity contribution < 1.29 is 4.39 Å². The minimum Gasteiger partial charge on any atom is -0.388 e. The summed E-state index contributed by atoms with van der Waals surface area (Å²) >= 11 is 0. The highest BCUT2D eigenvalue weighted by Gasteiger charge is 1.94. The average Bonchev–Trinajstić information content (AvgIpc) is 2.14. The van der Waals surface area contributed by atoms with Crippen molar-refractivity contribution in [3.05, 3.63) is 35.8 Å². The molecule has 1 N–H and O–H groups in total. The molecule has 0 saturated carbocycles. The summed E-state index contributed by atoms with van der Waals surface area (Å²) in [5.41, 5.74) is 0.962. The molecule has 0 spiro atoms. The van der Waals surface area contributed by atoms with Gasteiger partial charge < -0.3 is 5.32 Å². The lowest BCUT2D eigenvalue weighted by molar-refractivity contribution is 0.618. The van der Waals surface area contributed by atoms with E-state index in [0.717, 1.165) is 5.70 Å². The second-order valence-corrected chi connectivity index (χ2v) is 2.09. The smallest absolute Gasteiger partial charge is 0.104 e. The van der Waals surface area contributed by atoms with Crippen LogP contribution in [0.4, 0.5) is 4.39 Å². The van der Waals surface area contributed by atoms with Gasteiger partial charge >= 0.3 is 0 Å². The molecule has 1 rings (SSSR count). The molecule has 10 heavy (non-hydrogen) atoms. The summed E-state index contributed by atoms with van der Waals surface area (Å²) < 4.78 is 12.5. The third-order valence-corrected chi connectivity index (χ3v) is 1.36. The number of hydrogen-bond acceptors (Lipinski definition) is 1. The molecule has 0 radical (unpaired) electrons. The Kier molecular flexibility index (Phi) is 2.26. The SMILES string of the molecule is CNC1=CCC(F)=CC=C1. The predicted octanol–water partition coefficient (Wildman–Crippen LogP) is 1.90. The number of rotatable bonds is 1. The number of hydrogen-bond donors (Lipinski definition) is 1. The molecular formula is C8H10FN. The molecule has 0 aromatic heterocycles. The Hall–Kier alpha value is -1.05. The molecule has 0 bridgehead atoms. The molecule has 0 aromatic rings. The van der Waals surface area contributed by atoms with Crippen LogP contribution >= 0.6 is 0 Å². The van der Waals surface area contributed by atoms with E-state index >= 15 is 0 Å². The number of allylic oxidation sites excluding steroid dienone is 5. The molecule has 1 nitrogen and oxygen atoms in total. The lowest BCUT2D eigenvalue weighted by Gasteiger charge is -1.96. The molecule has 1 aliphatic carbocycles. The summed E-state index contributed by atoms with van der Waals surface area (Å²) in [6.45, 7) is 0. The zero-order chi connectivity index (χ0) is 7.40. The fourth-order valence-corrected chi connectivity index (χ4v) is 0.785. The van der Waals surface area contributed by atoms with Gasteiger partial charge in [0, 0.05) is 19.2 Å². The van der Waals surface area contributed by atoms with Gasteiger partial charge in [0.2, 0.25) is 0 Å². The van der Waals surface area contributed by atoms with Crippen LogP contribution in [0.2, 0.25) is 0 Å². The third-order valence-electron chi connectivity index (χ3n) is 1.36. The second kappa shape index (κ2) is 3.20. The maximum atomic E-state index is 12.5. The summed E-state index contributed by atoms with van der Waals surface area (Å²) in [5.74, 6) is -0.0958. The molecule has 0 atom stereocenters. The van der Waals surface area contributed by atoms with Crippen LogP contribution in [0.5, 0.6) is 0 Å². The Morgan fingerprint density at radius 3 is 3.10 bits per heavy atom. The summed E-state index contributed by atoms with van der Waals surface area (Å²) in [7, 11) is 1.82. The Balaban J connectivity index is 2.69. The topological polar surface area (TPSA) is 12.0 Å². The average molecular weight is 139 g/mol. The molecule has 2 heteroatoms. The first-order valence-corrected chi connectivity index (χ1v) is 3.23. The van der Waals surface area contributed by atoms with Crippen LogP contribution in [0.15, 0.2) is 35.8 Å². The number of likely N-dealkylation sites (N-methyl/N-ethyl adjacent to an activating group) is 1. The van der Waals surface area contributed by atoms with Crippen molar-refractivity contribution in [1.82, 2.24) is 5.32 Å². The van der Waals surface area contributed by atoms with E-state index in [4.69, 9.17) is 0 Å². The Morgan fingerprint density at radius 1 is 1.60 bits per heavy atom. The van der Waals surface area contributed by atoms with Gasteiger partial charge in [0.15, 0.2) is 0 Å². The van der Waals surface area contributed by atoms with Crippen molar-refractivity contribution in [2.24, 2.45) is 0 Å². The standard InChI is InChI=1S/C8H10FN/c1-10-8-4-2-3-7(9)5-6-8/h2-4,6,10H,5H2,1H3. The van der Waals surface area contributed by atoms with Gasteiger partial charge in [-0.05, 0) is 12.2 Å². The minimum atomic E-state index is -0.0958. The van der Waals surface area contributed by atoms with Crippen LogP contribution in [-0.4, -0.2) is 7.05 Å². The zero-order valence-corrected chi connectivity index (χ0v) is 5.89. The predicted molar refractivity (Wildman–Crippen MR) is 40.1 cm³/mol. The van der Waals surface area contributed by atoms with Gasteiger partial charge in [-0.1, -0.05) is 12.2 Å². The van der Waals surface area contributed by atoms with Crippen molar-refractivity contribution in [3.8, 4) is 0 Å². The fourth-order valence-electron chi connectivity index (χ4n) is 0.785. The van der Waals surface area contributed by atoms with E-state index in [1.807, 2.05) is 19.2 Å². The Morgan fingerprint density at radius 2 is 2.40 bits per heavy atom. The van der Waals surface area contributed by atoms with E-state index < -0.39 is 0 Å². The lowest BCUT2D eigenvalue weighted by Crippen LogP contribution is -2.01. The maximum Gasteiger partial charge on any atom is 0.104 e. The van der Waals surface area contributed by atoms with Gasteiger partial charge in [0.1, 0.15) is 5.83 Å². The van der Waals surface area contributed by atoms with E-state index in [2.05, 4.69) is 5.32 Å². The normalized spacial score (nSPS) is 17.4. The van der Waals surface area contributed by atoms with Crippen LogP contribution in [0.25, 0.3) is 0 Å². The van der Waals surface area contributed by atoms with Crippen molar-refractivity contribution >= 4 is 0 Å². The van der Waals surface area contributed by atoms with Crippen molar-refractivity contribution in [2.75, 3.05) is 7.05 Å². The van der Waals surface area contributed by atoms with Crippen molar-refractivity contribution in [1.29, 1.82) is 0 Å². The van der Waals surface area contributed by atoms with Crippen LogP contribution in [0, 0.1) is 0 Å². The van der Waals surface area contributed by atoms with Gasteiger partial charge in [-0.2, -0.15) is 0 Å². The minimum absolute atomic E-state index is 0.0958. The molecule has 0 unspecified atom stereocenters. The van der Waals surface area contributed by atoms with Gasteiger partial charge in [-0.15, -0.1) is 0 Å². The number of halogens is 1. The molecule has 0 heterocycles. The van der Waals surface area contributed by atoms with E-state index in [0.29, 0.717) is 6.42 Å². The lowest BCUT2D eigenvalue weighted by atomic mass is 10.3. The highest BCUT2D eigenvalue weighted by molar-refractivity contribution is 5.26. The van der Waals surface area contributed by atoms with Gasteiger partial charge in [-0.3, -0.25) is 0 Å². The molecule has 0 aliphatic heterocycles. The van der Waals surface area contributed by atoms with Gasteiger partial charge in [0.25, 0.3) is 0 Å². The second-order valence-electron chi connectivity index (χ2n) is 2.09. The van der Waals surface area contributed by atoms with E-state index in [1.165, 1.54) is 6.08 Å². The molecule has 54 valence electrons. The van der Waals surface area contributed by atoms with Gasteiger partial charge in [0.05, 0.1) is 0 Å². The summed E-state index contributed by atoms with van der Waals surface area (Å²) in [6.07, 6.45) is 7.22. The monoisotopic (exact) mass is 139 g/mol. The first-order valence-electron chi connectivity index (χ1n) is 3.23. The van der Waals surface area contributed by atoms with Crippen LogP contribution < -0.4 is 5.32 Å². The number of nitrogens with one attached hydrogen (secondary N) is 1. The first-order chi connectivity index (χ1) is 4.83. The molecule has 0 amide bonds. The Labute approximate surface area is 59.9 Å².